The van der Waals surface area contributed by atoms with Crippen LogP contribution in [0.25, 0.3) is 0 Å². The molecule has 1 amide bonds. The molecule has 2 unspecified atom stereocenters. The van der Waals surface area contributed by atoms with Gasteiger partial charge in [-0.3, -0.25) is 4.79 Å². The van der Waals surface area contributed by atoms with Crippen LogP contribution in [0.1, 0.15) is 34.1 Å². The first-order valence-corrected chi connectivity index (χ1v) is 6.54. The largest absolute Gasteiger partial charge is 0.352 e. The van der Waals surface area contributed by atoms with Crippen molar-refractivity contribution in [3.8, 4) is 0 Å². The van der Waals surface area contributed by atoms with Crippen molar-refractivity contribution in [3.63, 3.8) is 0 Å². The minimum absolute atomic E-state index is 0.138. The summed E-state index contributed by atoms with van der Waals surface area (Å²) in [6.45, 7) is 10.2. The lowest BCUT2D eigenvalue weighted by Crippen LogP contribution is -2.46. The summed E-state index contributed by atoms with van der Waals surface area (Å²) in [6.07, 6.45) is 0.546. The quantitative estimate of drug-likeness (QED) is 0.670. The van der Waals surface area contributed by atoms with Crippen LogP contribution in [0.2, 0.25) is 0 Å². The van der Waals surface area contributed by atoms with Crippen LogP contribution in [-0.4, -0.2) is 50.1 Å². The molecule has 0 saturated carbocycles. The van der Waals surface area contributed by atoms with E-state index in [4.69, 9.17) is 0 Å². The molecule has 0 aromatic rings. The van der Waals surface area contributed by atoms with E-state index in [0.29, 0.717) is 12.3 Å². The van der Waals surface area contributed by atoms with E-state index in [-0.39, 0.29) is 18.0 Å². The Hall–Kier alpha value is -0.610. The minimum Gasteiger partial charge on any atom is -0.352 e. The molecule has 4 heteroatoms. The second kappa shape index (κ2) is 8.48. The van der Waals surface area contributed by atoms with Gasteiger partial charge in [-0.25, -0.2) is 0 Å². The van der Waals surface area contributed by atoms with Crippen molar-refractivity contribution in [1.29, 1.82) is 0 Å². The molecule has 0 spiro atoms. The summed E-state index contributed by atoms with van der Waals surface area (Å²) in [5, 5.41) is 6.36. The Morgan fingerprint density at radius 3 is 2.24 bits per heavy atom. The van der Waals surface area contributed by atoms with E-state index >= 15 is 0 Å². The summed E-state index contributed by atoms with van der Waals surface area (Å²) in [7, 11) is 4.06. The number of carbonyl (C=O) groups excluding carboxylic acids is 1. The molecule has 0 heterocycles. The SMILES string of the molecule is CCNC(C)CC(=O)NC(CN(C)C)C(C)C. The van der Waals surface area contributed by atoms with Crippen LogP contribution in [-0.2, 0) is 4.79 Å². The van der Waals surface area contributed by atoms with Gasteiger partial charge in [-0.05, 0) is 33.5 Å². The first-order chi connectivity index (χ1) is 7.86. The smallest absolute Gasteiger partial charge is 0.221 e. The van der Waals surface area contributed by atoms with Crippen molar-refractivity contribution in [1.82, 2.24) is 15.5 Å². The number of amides is 1. The molecule has 0 aromatic carbocycles. The molecule has 0 radical (unpaired) electrons. The van der Waals surface area contributed by atoms with E-state index in [2.05, 4.69) is 36.3 Å². The molecular weight excluding hydrogens is 214 g/mol. The van der Waals surface area contributed by atoms with Crippen molar-refractivity contribution in [2.75, 3.05) is 27.2 Å². The Morgan fingerprint density at radius 2 is 1.82 bits per heavy atom. The molecule has 2 N–H and O–H groups in total. The zero-order valence-electron chi connectivity index (χ0n) is 12.2. The van der Waals surface area contributed by atoms with Gasteiger partial charge in [-0.2, -0.15) is 0 Å². The van der Waals surface area contributed by atoms with Crippen LogP contribution in [0.15, 0.2) is 0 Å². The van der Waals surface area contributed by atoms with Crippen molar-refractivity contribution in [3.05, 3.63) is 0 Å². The number of hydrogen-bond acceptors (Lipinski definition) is 3. The summed E-state index contributed by atoms with van der Waals surface area (Å²) in [6, 6.07) is 0.471. The van der Waals surface area contributed by atoms with E-state index in [0.717, 1.165) is 13.1 Å². The summed E-state index contributed by atoms with van der Waals surface area (Å²) in [5.74, 6) is 0.592. The molecule has 102 valence electrons. The fraction of sp³-hybridized carbons (Fsp3) is 0.923. The average molecular weight is 243 g/mol. The van der Waals surface area contributed by atoms with Gasteiger partial charge in [0.2, 0.25) is 5.91 Å². The Morgan fingerprint density at radius 1 is 1.24 bits per heavy atom. The predicted molar refractivity (Wildman–Crippen MR) is 73.1 cm³/mol. The van der Waals surface area contributed by atoms with Gasteiger partial charge in [0.25, 0.3) is 0 Å². The molecule has 0 aliphatic rings. The first kappa shape index (κ1) is 16.4. The molecule has 17 heavy (non-hydrogen) atoms. The molecule has 0 bridgehead atoms. The van der Waals surface area contributed by atoms with Gasteiger partial charge in [0, 0.05) is 25.0 Å². The van der Waals surface area contributed by atoms with Gasteiger partial charge in [0.15, 0.2) is 0 Å². The Bertz CT molecular complexity index is 217. The molecule has 0 saturated heterocycles. The Labute approximate surface area is 106 Å². The summed E-state index contributed by atoms with van der Waals surface area (Å²) in [5.41, 5.74) is 0. The van der Waals surface area contributed by atoms with Crippen molar-refractivity contribution in [2.24, 2.45) is 5.92 Å². The lowest BCUT2D eigenvalue weighted by molar-refractivity contribution is -0.122. The van der Waals surface area contributed by atoms with Crippen molar-refractivity contribution < 1.29 is 4.79 Å². The highest BCUT2D eigenvalue weighted by Crippen LogP contribution is 2.03. The van der Waals surface area contributed by atoms with E-state index in [1.807, 2.05) is 21.0 Å². The van der Waals surface area contributed by atoms with E-state index < -0.39 is 0 Å². The number of carbonyl (C=O) groups is 1. The molecular formula is C13H29N3O. The third-order valence-electron chi connectivity index (χ3n) is 2.76. The van der Waals surface area contributed by atoms with E-state index in [9.17, 15) is 4.79 Å². The fourth-order valence-corrected chi connectivity index (χ4v) is 1.78. The van der Waals surface area contributed by atoms with Crippen molar-refractivity contribution in [2.45, 2.75) is 46.2 Å². The topological polar surface area (TPSA) is 44.4 Å². The standard InChI is InChI=1S/C13H29N3O/c1-7-14-11(4)8-13(17)15-12(10(2)3)9-16(5)6/h10-12,14H,7-9H2,1-6H3,(H,15,17). The van der Waals surface area contributed by atoms with Crippen LogP contribution < -0.4 is 10.6 Å². The summed E-state index contributed by atoms with van der Waals surface area (Å²) >= 11 is 0. The lowest BCUT2D eigenvalue weighted by Gasteiger charge is -2.26. The summed E-state index contributed by atoms with van der Waals surface area (Å²) < 4.78 is 0. The van der Waals surface area contributed by atoms with Gasteiger partial charge < -0.3 is 15.5 Å². The fourth-order valence-electron chi connectivity index (χ4n) is 1.78. The zero-order valence-corrected chi connectivity index (χ0v) is 12.2. The second-order valence-electron chi connectivity index (χ2n) is 5.34. The van der Waals surface area contributed by atoms with Crippen LogP contribution in [0, 0.1) is 5.92 Å². The molecule has 0 aliphatic heterocycles. The average Bonchev–Trinajstić information content (AvgIpc) is 2.15. The maximum atomic E-state index is 11.9. The van der Waals surface area contributed by atoms with Gasteiger partial charge in [-0.15, -0.1) is 0 Å². The van der Waals surface area contributed by atoms with Gasteiger partial charge >= 0.3 is 0 Å². The number of nitrogens with zero attached hydrogens (tertiary/aromatic N) is 1. The van der Waals surface area contributed by atoms with Gasteiger partial charge in [0.1, 0.15) is 0 Å². The number of likely N-dealkylation sites (N-methyl/N-ethyl adjacent to an activating group) is 1. The Balaban J connectivity index is 4.12. The lowest BCUT2D eigenvalue weighted by atomic mass is 10.0. The van der Waals surface area contributed by atoms with Crippen LogP contribution in [0.4, 0.5) is 0 Å². The second-order valence-corrected chi connectivity index (χ2v) is 5.34. The number of nitrogens with one attached hydrogen (secondary N) is 2. The monoisotopic (exact) mass is 243 g/mol. The number of rotatable bonds is 8. The molecule has 0 aromatic heterocycles. The normalized spacial score (nSPS) is 15.1. The van der Waals surface area contributed by atoms with Gasteiger partial charge in [0.05, 0.1) is 0 Å². The molecule has 0 rings (SSSR count). The highest BCUT2D eigenvalue weighted by atomic mass is 16.1. The van der Waals surface area contributed by atoms with Crippen LogP contribution in [0.3, 0.4) is 0 Å². The van der Waals surface area contributed by atoms with Crippen molar-refractivity contribution >= 4 is 5.91 Å². The molecule has 4 nitrogen and oxygen atoms in total. The van der Waals surface area contributed by atoms with Crippen LogP contribution >= 0.6 is 0 Å². The highest BCUT2D eigenvalue weighted by molar-refractivity contribution is 5.76. The highest BCUT2D eigenvalue weighted by Gasteiger charge is 2.17. The molecule has 0 aliphatic carbocycles. The molecule has 2 atom stereocenters. The first-order valence-electron chi connectivity index (χ1n) is 6.54. The van der Waals surface area contributed by atoms with Gasteiger partial charge in [-0.1, -0.05) is 20.8 Å². The number of hydrogen-bond donors (Lipinski definition) is 2. The van der Waals surface area contributed by atoms with E-state index in [1.54, 1.807) is 0 Å². The summed E-state index contributed by atoms with van der Waals surface area (Å²) in [4.78, 5) is 14.0. The Kier molecular flexibility index (Phi) is 8.17. The minimum atomic E-state index is 0.138. The van der Waals surface area contributed by atoms with E-state index in [1.165, 1.54) is 0 Å². The molecule has 0 fully saturated rings. The third-order valence-corrected chi connectivity index (χ3v) is 2.76. The maximum Gasteiger partial charge on any atom is 0.221 e. The maximum absolute atomic E-state index is 11.9. The van der Waals surface area contributed by atoms with Crippen LogP contribution in [0.5, 0.6) is 0 Å². The predicted octanol–water partition coefficient (Wildman–Crippen LogP) is 1.08. The zero-order chi connectivity index (χ0) is 13.4. The third kappa shape index (κ3) is 8.16.